The predicted octanol–water partition coefficient (Wildman–Crippen LogP) is 3.55. The molecule has 114 valence electrons. The molecule has 5 nitrogen and oxygen atoms in total. The lowest BCUT2D eigenvalue weighted by Gasteiger charge is -2.16. The third kappa shape index (κ3) is 4.81. The number of hydrogen-bond acceptors (Lipinski definition) is 4. The molecular weight excluding hydrogens is 274 g/mol. The topological polar surface area (TPSA) is 68.0 Å². The Labute approximate surface area is 125 Å². The summed E-state index contributed by atoms with van der Waals surface area (Å²) in [6, 6.07) is 0. The largest absolute Gasteiger partial charge is 0.481 e. The molecule has 1 heterocycles. The molecule has 0 radical (unpaired) electrons. The maximum Gasteiger partial charge on any atom is 0.313 e. The highest BCUT2D eigenvalue weighted by Crippen LogP contribution is 2.28. The van der Waals surface area contributed by atoms with Gasteiger partial charge >= 0.3 is 5.97 Å². The molecule has 0 amide bonds. The van der Waals surface area contributed by atoms with Crippen molar-refractivity contribution in [2.45, 2.75) is 70.5 Å². The number of hydrogen-bond donors (Lipinski definition) is 1. The van der Waals surface area contributed by atoms with E-state index in [0.29, 0.717) is 5.92 Å². The second kappa shape index (κ2) is 9.00. The van der Waals surface area contributed by atoms with Crippen LogP contribution in [0, 0.1) is 0 Å². The molecule has 0 spiro atoms. The number of carbonyl (C=O) groups is 1. The maximum absolute atomic E-state index is 10.7. The van der Waals surface area contributed by atoms with Gasteiger partial charge in [0.25, 0.3) is 0 Å². The van der Waals surface area contributed by atoms with Crippen molar-refractivity contribution in [3.05, 3.63) is 5.82 Å². The molecule has 0 saturated carbocycles. The normalized spacial score (nSPS) is 11.2. The van der Waals surface area contributed by atoms with Gasteiger partial charge < -0.3 is 9.67 Å². The fraction of sp³-hybridized carbons (Fsp3) is 0.786. The van der Waals surface area contributed by atoms with Crippen LogP contribution in [0.4, 0.5) is 0 Å². The molecule has 0 aliphatic carbocycles. The first kappa shape index (κ1) is 17.0. The van der Waals surface area contributed by atoms with Crippen LogP contribution in [0.2, 0.25) is 0 Å². The van der Waals surface area contributed by atoms with Crippen molar-refractivity contribution in [3.8, 4) is 0 Å². The Hall–Kier alpha value is -1.04. The fourth-order valence-corrected chi connectivity index (χ4v) is 3.06. The molecule has 0 saturated heterocycles. The third-order valence-electron chi connectivity index (χ3n) is 3.16. The fourth-order valence-electron chi connectivity index (χ4n) is 2.37. The summed E-state index contributed by atoms with van der Waals surface area (Å²) in [5, 5.41) is 18.1. The van der Waals surface area contributed by atoms with Gasteiger partial charge in [-0.15, -0.1) is 10.2 Å². The summed E-state index contributed by atoms with van der Waals surface area (Å²) in [6.45, 7) is 7.34. The van der Waals surface area contributed by atoms with Gasteiger partial charge in [-0.25, -0.2) is 0 Å². The molecule has 1 N–H and O–H groups in total. The number of carboxylic acids is 1. The summed E-state index contributed by atoms with van der Waals surface area (Å²) in [5.74, 6) is 0.682. The second-order valence-electron chi connectivity index (χ2n) is 4.95. The van der Waals surface area contributed by atoms with E-state index in [-0.39, 0.29) is 5.75 Å². The van der Waals surface area contributed by atoms with Crippen LogP contribution >= 0.6 is 11.8 Å². The summed E-state index contributed by atoms with van der Waals surface area (Å²) in [4.78, 5) is 10.7. The van der Waals surface area contributed by atoms with Gasteiger partial charge in [-0.05, 0) is 19.3 Å². The zero-order valence-corrected chi connectivity index (χ0v) is 13.4. The Bertz CT molecular complexity index is 415. The highest BCUT2D eigenvalue weighted by atomic mass is 32.2. The molecule has 1 aromatic rings. The average molecular weight is 299 g/mol. The molecule has 0 aromatic carbocycles. The lowest BCUT2D eigenvalue weighted by Crippen LogP contribution is -2.11. The molecule has 0 fully saturated rings. The predicted molar refractivity (Wildman–Crippen MR) is 81.2 cm³/mol. The van der Waals surface area contributed by atoms with Gasteiger partial charge in [0.1, 0.15) is 5.82 Å². The third-order valence-corrected chi connectivity index (χ3v) is 4.11. The van der Waals surface area contributed by atoms with Crippen LogP contribution in [-0.4, -0.2) is 31.6 Å². The quantitative estimate of drug-likeness (QED) is 0.669. The molecule has 0 bridgehead atoms. The number of thioether (sulfide) groups is 1. The molecule has 0 atom stereocenters. The molecule has 6 heteroatoms. The van der Waals surface area contributed by atoms with Crippen LogP contribution in [0.15, 0.2) is 5.16 Å². The molecule has 1 aromatic heterocycles. The summed E-state index contributed by atoms with van der Waals surface area (Å²) in [5.41, 5.74) is 0. The van der Waals surface area contributed by atoms with Crippen molar-refractivity contribution < 1.29 is 9.90 Å². The van der Waals surface area contributed by atoms with Crippen molar-refractivity contribution >= 4 is 17.7 Å². The zero-order chi connectivity index (χ0) is 15.0. The Morgan fingerprint density at radius 1 is 1.20 bits per heavy atom. The van der Waals surface area contributed by atoms with Gasteiger partial charge in [-0.1, -0.05) is 45.4 Å². The van der Waals surface area contributed by atoms with Gasteiger partial charge in [0, 0.05) is 12.5 Å². The monoisotopic (exact) mass is 299 g/mol. The summed E-state index contributed by atoms with van der Waals surface area (Å²) in [7, 11) is 0. The van der Waals surface area contributed by atoms with E-state index >= 15 is 0 Å². The summed E-state index contributed by atoms with van der Waals surface area (Å²) >= 11 is 1.26. The first-order valence-electron chi connectivity index (χ1n) is 7.41. The van der Waals surface area contributed by atoms with Gasteiger partial charge in [0.05, 0.1) is 5.75 Å². The highest BCUT2D eigenvalue weighted by molar-refractivity contribution is 7.99. The van der Waals surface area contributed by atoms with Crippen LogP contribution in [-0.2, 0) is 11.3 Å². The first-order valence-corrected chi connectivity index (χ1v) is 8.40. The lowest BCUT2D eigenvalue weighted by atomic mass is 9.97. The second-order valence-corrected chi connectivity index (χ2v) is 5.89. The van der Waals surface area contributed by atoms with Gasteiger partial charge in [0.2, 0.25) is 0 Å². The summed E-state index contributed by atoms with van der Waals surface area (Å²) < 4.78 is 2.11. The highest BCUT2D eigenvalue weighted by Gasteiger charge is 2.20. The summed E-state index contributed by atoms with van der Waals surface area (Å²) in [6.07, 6.45) is 5.47. The van der Waals surface area contributed by atoms with Crippen LogP contribution in [0.3, 0.4) is 0 Å². The Kier molecular flexibility index (Phi) is 7.65. The van der Waals surface area contributed by atoms with E-state index in [4.69, 9.17) is 5.11 Å². The number of aromatic nitrogens is 3. The molecule has 0 aliphatic heterocycles. The number of carboxylic acid groups (broad SMARTS) is 1. The van der Waals surface area contributed by atoms with Crippen LogP contribution in [0.25, 0.3) is 0 Å². The van der Waals surface area contributed by atoms with E-state index in [9.17, 15) is 4.79 Å². The smallest absolute Gasteiger partial charge is 0.313 e. The maximum atomic E-state index is 10.7. The van der Waals surface area contributed by atoms with Gasteiger partial charge in [-0.2, -0.15) is 0 Å². The zero-order valence-electron chi connectivity index (χ0n) is 12.6. The lowest BCUT2D eigenvalue weighted by molar-refractivity contribution is -0.133. The van der Waals surface area contributed by atoms with Crippen LogP contribution in [0.5, 0.6) is 0 Å². The minimum atomic E-state index is -0.818. The molecule has 0 unspecified atom stereocenters. The van der Waals surface area contributed by atoms with Crippen molar-refractivity contribution in [2.75, 3.05) is 5.75 Å². The minimum Gasteiger partial charge on any atom is -0.481 e. The minimum absolute atomic E-state index is 0.0358. The van der Waals surface area contributed by atoms with E-state index in [1.54, 1.807) is 0 Å². The van der Waals surface area contributed by atoms with E-state index in [1.807, 2.05) is 0 Å². The Morgan fingerprint density at radius 3 is 2.35 bits per heavy atom. The van der Waals surface area contributed by atoms with Gasteiger partial charge in [-0.3, -0.25) is 4.79 Å². The SMILES string of the molecule is CCCC(CCC)c1nnc(SCC(=O)O)n1CCC. The van der Waals surface area contributed by atoms with E-state index in [0.717, 1.165) is 49.6 Å². The Balaban J connectivity index is 2.95. The van der Waals surface area contributed by atoms with Crippen LogP contribution < -0.4 is 0 Å². The van der Waals surface area contributed by atoms with E-state index < -0.39 is 5.97 Å². The van der Waals surface area contributed by atoms with Crippen molar-refractivity contribution in [2.24, 2.45) is 0 Å². The average Bonchev–Trinajstić information content (AvgIpc) is 2.79. The molecule has 0 aliphatic rings. The molecule has 20 heavy (non-hydrogen) atoms. The Morgan fingerprint density at radius 2 is 1.85 bits per heavy atom. The van der Waals surface area contributed by atoms with Gasteiger partial charge in [0.15, 0.2) is 5.16 Å². The molecule has 1 rings (SSSR count). The van der Waals surface area contributed by atoms with Crippen molar-refractivity contribution in [1.29, 1.82) is 0 Å². The van der Waals surface area contributed by atoms with E-state index in [1.165, 1.54) is 11.8 Å². The molecular formula is C14H25N3O2S. The number of nitrogens with zero attached hydrogens (tertiary/aromatic N) is 3. The van der Waals surface area contributed by atoms with Crippen molar-refractivity contribution in [1.82, 2.24) is 14.8 Å². The van der Waals surface area contributed by atoms with Crippen LogP contribution in [0.1, 0.15) is 64.6 Å². The number of aliphatic carboxylic acids is 1. The standard InChI is InChI=1S/C14H25N3O2S/c1-4-7-11(8-5-2)13-15-16-14(17(13)9-6-3)20-10-12(18)19/h11H,4-10H2,1-3H3,(H,18,19). The number of rotatable bonds is 10. The van der Waals surface area contributed by atoms with Crippen molar-refractivity contribution in [3.63, 3.8) is 0 Å². The van der Waals surface area contributed by atoms with E-state index in [2.05, 4.69) is 35.5 Å². The first-order chi connectivity index (χ1) is 9.63.